The molecule has 0 saturated carbocycles. The fraction of sp³-hybridized carbons (Fsp3) is 0.500. The number of carbonyl (C=O) groups excluding carboxylic acids is 2. The zero-order valence-corrected chi connectivity index (χ0v) is 27.5. The van der Waals surface area contributed by atoms with Crippen LogP contribution in [0.1, 0.15) is 97.4 Å². The van der Waals surface area contributed by atoms with Crippen molar-refractivity contribution in [2.24, 2.45) is 5.73 Å². The van der Waals surface area contributed by atoms with Crippen LogP contribution >= 0.6 is 0 Å². The quantitative estimate of drug-likeness (QED) is 0.125. The van der Waals surface area contributed by atoms with Gasteiger partial charge in [-0.25, -0.2) is 9.59 Å². The summed E-state index contributed by atoms with van der Waals surface area (Å²) in [6, 6.07) is 16.9. The first-order valence-corrected chi connectivity index (χ1v) is 14.7. The van der Waals surface area contributed by atoms with E-state index in [4.69, 9.17) is 24.7 Å². The molecule has 2 aromatic rings. The van der Waals surface area contributed by atoms with Crippen LogP contribution < -0.4 is 5.73 Å². The molecule has 0 aliphatic carbocycles. The van der Waals surface area contributed by atoms with E-state index >= 15 is 0 Å². The van der Waals surface area contributed by atoms with Gasteiger partial charge in [0.2, 0.25) is 0 Å². The van der Waals surface area contributed by atoms with E-state index < -0.39 is 34.5 Å². The van der Waals surface area contributed by atoms with Gasteiger partial charge >= 0.3 is 11.9 Å². The van der Waals surface area contributed by atoms with Gasteiger partial charge in [0.05, 0.1) is 24.4 Å². The lowest BCUT2D eigenvalue weighted by molar-refractivity contribution is -0.155. The maximum atomic E-state index is 11.6. The smallest absolute Gasteiger partial charge is 0.331 e. The molecule has 0 aliphatic rings. The molecule has 0 spiro atoms. The molecule has 236 valence electrons. The number of benzene rings is 2. The lowest BCUT2D eigenvalue weighted by Crippen LogP contribution is -2.42. The van der Waals surface area contributed by atoms with Crippen LogP contribution in [0.15, 0.2) is 73.8 Å². The second-order valence-corrected chi connectivity index (χ2v) is 13.3. The fourth-order valence-corrected chi connectivity index (χ4v) is 4.65. The Morgan fingerprint density at radius 3 is 1.51 bits per heavy atom. The second-order valence-electron chi connectivity index (χ2n) is 13.3. The van der Waals surface area contributed by atoms with Crippen LogP contribution in [0.2, 0.25) is 0 Å². The number of esters is 2. The van der Waals surface area contributed by atoms with Crippen LogP contribution in [0.5, 0.6) is 0 Å². The molecule has 0 amide bonds. The Kier molecular flexibility index (Phi) is 11.7. The zero-order chi connectivity index (χ0) is 32.7. The Labute approximate surface area is 258 Å². The monoisotopic (exact) mass is 593 g/mol. The van der Waals surface area contributed by atoms with Crippen molar-refractivity contribution in [3.8, 4) is 0 Å². The third-order valence-corrected chi connectivity index (χ3v) is 7.83. The normalized spacial score (nSPS) is 14.0. The molecule has 1 unspecified atom stereocenters. The molecule has 1 atom stereocenters. The summed E-state index contributed by atoms with van der Waals surface area (Å²) in [6.45, 7) is 25.5. The summed E-state index contributed by atoms with van der Waals surface area (Å²) in [5.41, 5.74) is 7.22. The van der Waals surface area contributed by atoms with E-state index in [0.717, 1.165) is 28.3 Å². The van der Waals surface area contributed by atoms with Gasteiger partial charge in [0, 0.05) is 30.4 Å². The average molecular weight is 594 g/mol. The van der Waals surface area contributed by atoms with Crippen molar-refractivity contribution >= 4 is 11.9 Å². The van der Waals surface area contributed by atoms with Crippen molar-refractivity contribution < 1.29 is 28.5 Å². The largest absolute Gasteiger partial charge is 0.456 e. The van der Waals surface area contributed by atoms with Crippen LogP contribution in [0.4, 0.5) is 0 Å². The van der Waals surface area contributed by atoms with Gasteiger partial charge in [-0.2, -0.15) is 0 Å². The highest BCUT2D eigenvalue weighted by Gasteiger charge is 2.31. The molecule has 7 nitrogen and oxygen atoms in total. The molecule has 43 heavy (non-hydrogen) atoms. The van der Waals surface area contributed by atoms with E-state index in [9.17, 15) is 9.59 Å². The minimum atomic E-state index is -1.15. The maximum Gasteiger partial charge on any atom is 0.331 e. The highest BCUT2D eigenvalue weighted by Crippen LogP contribution is 2.37. The van der Waals surface area contributed by atoms with Gasteiger partial charge in [-0.05, 0) is 70.7 Å². The van der Waals surface area contributed by atoms with E-state index in [2.05, 4.69) is 69.5 Å². The summed E-state index contributed by atoms with van der Waals surface area (Å²) >= 11 is 0. The molecule has 0 aromatic heterocycles. The zero-order valence-electron chi connectivity index (χ0n) is 27.5. The maximum absolute atomic E-state index is 11.6. The van der Waals surface area contributed by atoms with Gasteiger partial charge in [-0.3, -0.25) is 5.73 Å². The van der Waals surface area contributed by atoms with Crippen LogP contribution in [0, 0.1) is 0 Å². The van der Waals surface area contributed by atoms with Crippen molar-refractivity contribution in [1.29, 1.82) is 0 Å². The third-order valence-electron chi connectivity index (χ3n) is 7.83. The lowest BCUT2D eigenvalue weighted by Gasteiger charge is -2.33. The van der Waals surface area contributed by atoms with Crippen LogP contribution in [0.3, 0.4) is 0 Å². The van der Waals surface area contributed by atoms with E-state index in [1.165, 1.54) is 6.08 Å². The number of rotatable bonds is 16. The third kappa shape index (κ3) is 10.4. The summed E-state index contributed by atoms with van der Waals surface area (Å²) in [5, 5.41) is 0. The van der Waals surface area contributed by atoms with E-state index in [-0.39, 0.29) is 5.41 Å². The number of ether oxygens (including phenoxy) is 4. The lowest BCUT2D eigenvalue weighted by atomic mass is 9.76. The second kappa shape index (κ2) is 14.0. The molecule has 0 aliphatic heterocycles. The summed E-state index contributed by atoms with van der Waals surface area (Å²) in [4.78, 5) is 23.2. The van der Waals surface area contributed by atoms with Crippen molar-refractivity contribution in [3.05, 3.63) is 96.1 Å². The number of nitrogens with two attached hydrogens (primary N) is 1. The molecule has 0 fully saturated rings. The van der Waals surface area contributed by atoms with Gasteiger partial charge in [0.15, 0.2) is 5.72 Å². The van der Waals surface area contributed by atoms with Crippen LogP contribution in [-0.2, 0) is 45.2 Å². The molecule has 2 N–H and O–H groups in total. The van der Waals surface area contributed by atoms with Gasteiger partial charge in [0.1, 0.15) is 5.60 Å². The van der Waals surface area contributed by atoms with E-state index in [0.29, 0.717) is 26.1 Å². The summed E-state index contributed by atoms with van der Waals surface area (Å²) < 4.78 is 23.2. The first-order valence-electron chi connectivity index (χ1n) is 14.7. The van der Waals surface area contributed by atoms with Crippen molar-refractivity contribution in [3.63, 3.8) is 0 Å². The Morgan fingerprint density at radius 2 is 1.07 bits per heavy atom. The Hall–Kier alpha value is -3.26. The predicted octanol–water partition coefficient (Wildman–Crippen LogP) is 7.21. The Morgan fingerprint density at radius 1 is 0.674 bits per heavy atom. The number of hydrogen-bond donors (Lipinski definition) is 1. The molecule has 7 heteroatoms. The standard InChI is InChI=1S/C36H51NO6/c1-12-30(38)42-32(3,4)20-22-40-34(7,8)28-18-14-16-26(24-28)33(5,6)27-17-15-19-29(25-27)35(9,10)41-23-21-36(11,37)43-31(39)13-2/h12-19,24-25H,1-2,20-23,37H2,3-11H3. The fourth-order valence-electron chi connectivity index (χ4n) is 4.65. The molecular weight excluding hydrogens is 542 g/mol. The Balaban J connectivity index is 2.18. The molecule has 0 heterocycles. The van der Waals surface area contributed by atoms with Gasteiger partial charge < -0.3 is 18.9 Å². The van der Waals surface area contributed by atoms with Crippen molar-refractivity contribution in [2.75, 3.05) is 13.2 Å². The molecule has 2 aromatic carbocycles. The molecule has 0 bridgehead atoms. The first-order chi connectivity index (χ1) is 19.7. The van der Waals surface area contributed by atoms with Gasteiger partial charge in [-0.15, -0.1) is 0 Å². The molecule has 2 rings (SSSR count). The summed E-state index contributed by atoms with van der Waals surface area (Å²) in [5.74, 6) is -1.00. The SMILES string of the molecule is C=CC(=O)OC(C)(C)CCOC(C)(C)c1cccc(C(C)(C)c2cccc(C(C)(C)OCCC(C)(N)OC(=O)C=C)c2)c1. The van der Waals surface area contributed by atoms with Crippen molar-refractivity contribution in [2.45, 2.75) is 103 Å². The molecule has 0 saturated heterocycles. The molecular formula is C36H51NO6. The first kappa shape index (κ1) is 35.9. The number of hydrogen-bond acceptors (Lipinski definition) is 7. The Bertz CT molecular complexity index is 1190. The van der Waals surface area contributed by atoms with Gasteiger partial charge in [0.25, 0.3) is 0 Å². The molecule has 0 radical (unpaired) electrons. The van der Waals surface area contributed by atoms with Crippen molar-refractivity contribution in [1.82, 2.24) is 0 Å². The highest BCUT2D eigenvalue weighted by molar-refractivity contribution is 5.81. The predicted molar refractivity (Wildman–Crippen MR) is 171 cm³/mol. The highest BCUT2D eigenvalue weighted by atomic mass is 16.6. The topological polar surface area (TPSA) is 97.1 Å². The number of carbonyl (C=O) groups is 2. The van der Waals surface area contributed by atoms with Crippen LogP contribution in [0.25, 0.3) is 0 Å². The minimum Gasteiger partial charge on any atom is -0.456 e. The average Bonchev–Trinajstić information content (AvgIpc) is 2.92. The summed E-state index contributed by atoms with van der Waals surface area (Å²) in [7, 11) is 0. The van der Waals surface area contributed by atoms with E-state index in [1.54, 1.807) is 6.92 Å². The van der Waals surface area contributed by atoms with E-state index in [1.807, 2.05) is 47.6 Å². The van der Waals surface area contributed by atoms with Crippen LogP contribution in [-0.4, -0.2) is 36.5 Å². The van der Waals surface area contributed by atoms with Gasteiger partial charge in [-0.1, -0.05) is 75.5 Å². The summed E-state index contributed by atoms with van der Waals surface area (Å²) in [6.07, 6.45) is 3.16. The minimum absolute atomic E-state index is 0.309.